The molecule has 1 heterocycles. The third-order valence-corrected chi connectivity index (χ3v) is 6.71. The number of amides is 2. The number of nitrogens with zero attached hydrogens (tertiary/aromatic N) is 1. The molecule has 2 N–H and O–H groups in total. The molecule has 0 radical (unpaired) electrons. The van der Waals surface area contributed by atoms with Crippen LogP contribution in [0.25, 0.3) is 11.1 Å². The average Bonchev–Trinajstić information content (AvgIpc) is 3.46. The van der Waals surface area contributed by atoms with Crippen LogP contribution in [0.2, 0.25) is 0 Å². The Hall–Kier alpha value is -3.39. The van der Waals surface area contributed by atoms with E-state index >= 15 is 0 Å². The SMILES string of the molecule is CCN(CCCC(=O)O)C(=O)C1CCC(CNC(=O)OCC2c3ccccc3-c3ccccc32)O1. The highest BCUT2D eigenvalue weighted by Crippen LogP contribution is 2.44. The second-order valence-electron chi connectivity index (χ2n) is 8.95. The van der Waals surface area contributed by atoms with Gasteiger partial charge in [0.25, 0.3) is 5.91 Å². The van der Waals surface area contributed by atoms with Crippen LogP contribution in [-0.2, 0) is 19.1 Å². The van der Waals surface area contributed by atoms with Gasteiger partial charge in [-0.25, -0.2) is 4.79 Å². The van der Waals surface area contributed by atoms with Gasteiger partial charge in [0.2, 0.25) is 0 Å². The number of carbonyl (C=O) groups excluding carboxylic acids is 2. The van der Waals surface area contributed by atoms with Gasteiger partial charge in [0.1, 0.15) is 12.7 Å². The van der Waals surface area contributed by atoms with Gasteiger partial charge in [-0.3, -0.25) is 9.59 Å². The molecule has 0 bridgehead atoms. The van der Waals surface area contributed by atoms with E-state index in [-0.39, 0.29) is 37.5 Å². The Morgan fingerprint density at radius 2 is 1.71 bits per heavy atom. The van der Waals surface area contributed by atoms with Crippen LogP contribution < -0.4 is 5.32 Å². The van der Waals surface area contributed by atoms with E-state index in [9.17, 15) is 14.4 Å². The first-order valence-electron chi connectivity index (χ1n) is 12.2. The van der Waals surface area contributed by atoms with E-state index < -0.39 is 18.2 Å². The Balaban J connectivity index is 1.23. The lowest BCUT2D eigenvalue weighted by molar-refractivity contribution is -0.143. The third kappa shape index (κ3) is 5.82. The molecule has 2 amide bonds. The molecule has 186 valence electrons. The van der Waals surface area contributed by atoms with Crippen LogP contribution in [0.1, 0.15) is 49.7 Å². The second kappa shape index (κ2) is 11.4. The van der Waals surface area contributed by atoms with Crippen LogP contribution in [0.3, 0.4) is 0 Å². The zero-order valence-electron chi connectivity index (χ0n) is 19.9. The molecule has 0 aromatic heterocycles. The lowest BCUT2D eigenvalue weighted by Gasteiger charge is -2.24. The maximum atomic E-state index is 12.7. The molecular weight excluding hydrogens is 448 g/mol. The van der Waals surface area contributed by atoms with Crippen molar-refractivity contribution < 1.29 is 29.0 Å². The summed E-state index contributed by atoms with van der Waals surface area (Å²) in [4.78, 5) is 37.5. The number of hydrogen-bond donors (Lipinski definition) is 2. The number of carbonyl (C=O) groups is 3. The van der Waals surface area contributed by atoms with Crippen LogP contribution >= 0.6 is 0 Å². The predicted octanol–water partition coefficient (Wildman–Crippen LogP) is 3.79. The largest absolute Gasteiger partial charge is 0.481 e. The number of aliphatic carboxylic acids is 1. The number of rotatable bonds is 10. The van der Waals surface area contributed by atoms with Crippen molar-refractivity contribution >= 4 is 18.0 Å². The first-order valence-corrected chi connectivity index (χ1v) is 12.2. The summed E-state index contributed by atoms with van der Waals surface area (Å²) in [7, 11) is 0. The number of alkyl carbamates (subject to hydrolysis) is 1. The van der Waals surface area contributed by atoms with Gasteiger partial charge in [0.05, 0.1) is 6.10 Å². The first-order chi connectivity index (χ1) is 17.0. The van der Waals surface area contributed by atoms with E-state index in [2.05, 4.69) is 29.6 Å². The van der Waals surface area contributed by atoms with Crippen molar-refractivity contribution in [1.82, 2.24) is 10.2 Å². The number of nitrogens with one attached hydrogen (secondary N) is 1. The second-order valence-corrected chi connectivity index (χ2v) is 8.95. The standard InChI is InChI=1S/C27H32N2O6/c1-2-29(15-7-12-25(30)31)26(32)24-14-13-18(35-24)16-28-27(33)34-17-23-21-10-5-3-8-19(21)20-9-4-6-11-22(20)23/h3-6,8-11,18,23-24H,2,7,12-17H2,1H3,(H,28,33)(H,30,31). The van der Waals surface area contributed by atoms with E-state index in [1.54, 1.807) is 4.90 Å². The maximum Gasteiger partial charge on any atom is 0.407 e. The summed E-state index contributed by atoms with van der Waals surface area (Å²) in [6.07, 6.45) is 0.347. The molecule has 4 rings (SSSR count). The summed E-state index contributed by atoms with van der Waals surface area (Å²) >= 11 is 0. The Morgan fingerprint density at radius 1 is 1.06 bits per heavy atom. The zero-order chi connectivity index (χ0) is 24.8. The van der Waals surface area contributed by atoms with Crippen molar-refractivity contribution in [2.45, 2.75) is 50.7 Å². The van der Waals surface area contributed by atoms with E-state index in [1.807, 2.05) is 31.2 Å². The smallest absolute Gasteiger partial charge is 0.407 e. The van der Waals surface area contributed by atoms with Crippen molar-refractivity contribution in [1.29, 1.82) is 0 Å². The Kier molecular flexibility index (Phi) is 8.02. The summed E-state index contributed by atoms with van der Waals surface area (Å²) in [6, 6.07) is 16.4. The fourth-order valence-corrected chi connectivity index (χ4v) is 4.93. The molecule has 2 aromatic carbocycles. The van der Waals surface area contributed by atoms with Gasteiger partial charge in [-0.15, -0.1) is 0 Å². The van der Waals surface area contributed by atoms with Crippen LogP contribution in [-0.4, -0.2) is 66.4 Å². The molecule has 2 atom stereocenters. The van der Waals surface area contributed by atoms with Crippen LogP contribution in [0.4, 0.5) is 4.79 Å². The number of carboxylic acids is 1. The highest BCUT2D eigenvalue weighted by molar-refractivity contribution is 5.81. The van der Waals surface area contributed by atoms with Crippen molar-refractivity contribution in [2.24, 2.45) is 0 Å². The van der Waals surface area contributed by atoms with Gasteiger partial charge in [0.15, 0.2) is 0 Å². The number of hydrogen-bond acceptors (Lipinski definition) is 5. The van der Waals surface area contributed by atoms with Gasteiger partial charge < -0.3 is 24.8 Å². The minimum absolute atomic E-state index is 0.000892. The number of carboxylic acid groups (broad SMARTS) is 1. The lowest BCUT2D eigenvalue weighted by atomic mass is 9.98. The number of ether oxygens (including phenoxy) is 2. The van der Waals surface area contributed by atoms with E-state index in [0.29, 0.717) is 32.4 Å². The highest BCUT2D eigenvalue weighted by atomic mass is 16.5. The van der Waals surface area contributed by atoms with Crippen molar-refractivity contribution in [3.05, 3.63) is 59.7 Å². The molecule has 1 saturated heterocycles. The fourth-order valence-electron chi connectivity index (χ4n) is 4.93. The molecule has 8 nitrogen and oxygen atoms in total. The molecule has 1 fully saturated rings. The molecule has 0 saturated carbocycles. The van der Waals surface area contributed by atoms with Crippen molar-refractivity contribution in [2.75, 3.05) is 26.2 Å². The van der Waals surface area contributed by atoms with Crippen molar-refractivity contribution in [3.8, 4) is 11.1 Å². The summed E-state index contributed by atoms with van der Waals surface area (Å²) in [6.45, 7) is 3.27. The Morgan fingerprint density at radius 3 is 2.34 bits per heavy atom. The fraction of sp³-hybridized carbons (Fsp3) is 0.444. The molecular formula is C27H32N2O6. The summed E-state index contributed by atoms with van der Waals surface area (Å²) in [5, 5.41) is 11.6. The number of fused-ring (bicyclic) bond motifs is 3. The average molecular weight is 481 g/mol. The van der Waals surface area contributed by atoms with Crippen LogP contribution in [0.15, 0.2) is 48.5 Å². The lowest BCUT2D eigenvalue weighted by Crippen LogP contribution is -2.40. The molecule has 2 unspecified atom stereocenters. The molecule has 1 aliphatic heterocycles. The molecule has 0 spiro atoms. The number of benzene rings is 2. The summed E-state index contributed by atoms with van der Waals surface area (Å²) in [5.74, 6) is -0.995. The number of likely N-dealkylation sites (N-methyl/N-ethyl adjacent to an activating group) is 1. The van der Waals surface area contributed by atoms with E-state index in [4.69, 9.17) is 14.6 Å². The molecule has 2 aromatic rings. The molecule has 35 heavy (non-hydrogen) atoms. The van der Waals surface area contributed by atoms with Crippen LogP contribution in [0.5, 0.6) is 0 Å². The van der Waals surface area contributed by atoms with Gasteiger partial charge in [-0.05, 0) is 48.4 Å². The molecule has 1 aliphatic carbocycles. The monoisotopic (exact) mass is 480 g/mol. The van der Waals surface area contributed by atoms with Gasteiger partial charge in [-0.2, -0.15) is 0 Å². The minimum Gasteiger partial charge on any atom is -0.481 e. The minimum atomic E-state index is -0.870. The maximum absolute atomic E-state index is 12.7. The highest BCUT2D eigenvalue weighted by Gasteiger charge is 2.33. The summed E-state index contributed by atoms with van der Waals surface area (Å²) < 4.78 is 11.4. The Bertz CT molecular complexity index is 1030. The zero-order valence-corrected chi connectivity index (χ0v) is 19.9. The molecule has 2 aliphatic rings. The van der Waals surface area contributed by atoms with E-state index in [0.717, 1.165) is 11.1 Å². The van der Waals surface area contributed by atoms with Gasteiger partial charge in [-0.1, -0.05) is 48.5 Å². The predicted molar refractivity (Wildman–Crippen MR) is 130 cm³/mol. The van der Waals surface area contributed by atoms with Gasteiger partial charge in [0, 0.05) is 32.0 Å². The first kappa shape index (κ1) is 24.7. The summed E-state index contributed by atoms with van der Waals surface area (Å²) in [5.41, 5.74) is 4.67. The van der Waals surface area contributed by atoms with Gasteiger partial charge >= 0.3 is 12.1 Å². The van der Waals surface area contributed by atoms with E-state index in [1.165, 1.54) is 11.1 Å². The molecule has 8 heteroatoms. The topological polar surface area (TPSA) is 105 Å². The quantitative estimate of drug-likeness (QED) is 0.536. The third-order valence-electron chi connectivity index (χ3n) is 6.71. The Labute approximate surface area is 205 Å². The van der Waals surface area contributed by atoms with Crippen molar-refractivity contribution in [3.63, 3.8) is 0 Å². The van der Waals surface area contributed by atoms with Crippen LogP contribution in [0, 0.1) is 0 Å². The normalized spacial score (nSPS) is 18.5.